The van der Waals surface area contributed by atoms with Crippen molar-refractivity contribution in [3.63, 3.8) is 0 Å². The lowest BCUT2D eigenvalue weighted by atomic mass is 10.0. The number of aromatic nitrogens is 1. The lowest BCUT2D eigenvalue weighted by Gasteiger charge is -2.19. The van der Waals surface area contributed by atoms with Crippen molar-refractivity contribution in [1.82, 2.24) is 42.4 Å². The summed E-state index contributed by atoms with van der Waals surface area (Å²) >= 11 is 0. The highest BCUT2D eigenvalue weighted by Gasteiger charge is 2.22. The second-order valence-corrected chi connectivity index (χ2v) is 12.3. The fourth-order valence-corrected chi connectivity index (χ4v) is 4.62. The number of fused-ring (bicyclic) bond motifs is 1. The van der Waals surface area contributed by atoms with E-state index in [1.807, 2.05) is 44.3 Å². The molecule has 2 unspecified atom stereocenters. The van der Waals surface area contributed by atoms with Crippen molar-refractivity contribution in [1.29, 1.82) is 0 Å². The highest BCUT2D eigenvalue weighted by molar-refractivity contribution is 5.94. The number of phenolic OH excluding ortho intramolecular Hbond substituents is 1. The molecule has 2 atom stereocenters. The van der Waals surface area contributed by atoms with E-state index in [2.05, 4.69) is 81.1 Å². The maximum Gasteiger partial charge on any atom is 0.262 e. The average Bonchev–Trinajstić information content (AvgIpc) is 3.65. The van der Waals surface area contributed by atoms with Crippen molar-refractivity contribution in [2.45, 2.75) is 66.5 Å². The molecule has 0 saturated carbocycles. The summed E-state index contributed by atoms with van der Waals surface area (Å²) in [6.07, 6.45) is 2.28. The molecule has 0 aliphatic carbocycles. The fourth-order valence-electron chi connectivity index (χ4n) is 4.62. The Morgan fingerprint density at radius 2 is 1.15 bits per heavy atom. The number of para-hydroxylation sites is 1. The van der Waals surface area contributed by atoms with Gasteiger partial charge in [0.2, 0.25) is 35.4 Å². The Morgan fingerprint density at radius 1 is 0.633 bits per heavy atom. The highest BCUT2D eigenvalue weighted by Crippen LogP contribution is 2.15. The minimum atomic E-state index is -1.07. The van der Waals surface area contributed by atoms with E-state index in [0.29, 0.717) is 5.56 Å². The quantitative estimate of drug-likeness (QED) is 0.0605. The second-order valence-electron chi connectivity index (χ2n) is 12.3. The van der Waals surface area contributed by atoms with Crippen LogP contribution in [0.5, 0.6) is 5.75 Å². The molecule has 4 aromatic rings. The molecule has 4 rings (SSSR count). The molecule has 328 valence electrons. The van der Waals surface area contributed by atoms with Crippen LogP contribution in [-0.2, 0) is 40.0 Å². The molecule has 1 aromatic heterocycles. The van der Waals surface area contributed by atoms with Gasteiger partial charge in [-0.15, -0.1) is 0 Å². The average molecular weight is 837 g/mol. The Labute approximate surface area is 350 Å². The number of aromatic amines is 1. The summed E-state index contributed by atoms with van der Waals surface area (Å²) in [5.41, 5.74) is 5.84. The highest BCUT2D eigenvalue weighted by atomic mass is 16.5. The van der Waals surface area contributed by atoms with Gasteiger partial charge in [-0.25, -0.2) is 5.48 Å². The molecule has 0 aliphatic rings. The monoisotopic (exact) mass is 836 g/mol. The number of carbonyl (C=O) groups excluding carboxylic acids is 7. The van der Waals surface area contributed by atoms with Crippen LogP contribution < -0.4 is 37.4 Å². The van der Waals surface area contributed by atoms with Crippen molar-refractivity contribution in [2.24, 2.45) is 0 Å². The van der Waals surface area contributed by atoms with Gasteiger partial charge < -0.3 is 47.1 Å². The van der Waals surface area contributed by atoms with E-state index < -0.39 is 73.7 Å². The molecule has 18 nitrogen and oxygen atoms in total. The Bertz CT molecular complexity index is 1900. The van der Waals surface area contributed by atoms with Crippen LogP contribution in [0.4, 0.5) is 0 Å². The molecule has 60 heavy (non-hydrogen) atoms. The van der Waals surface area contributed by atoms with E-state index in [-0.39, 0.29) is 24.5 Å². The smallest absolute Gasteiger partial charge is 0.262 e. The first-order chi connectivity index (χ1) is 28.7. The van der Waals surface area contributed by atoms with E-state index in [1.165, 1.54) is 46.6 Å². The fraction of sp³-hybridized carbons (Fsp3) is 0.357. The number of amides is 7. The minimum Gasteiger partial charge on any atom is -0.508 e. The summed E-state index contributed by atoms with van der Waals surface area (Å²) in [5, 5.41) is 40.0. The molecule has 0 spiro atoms. The largest absolute Gasteiger partial charge is 0.508 e. The molecule has 1 heterocycles. The number of aliphatic hydroxyl groups is 1. The molecule has 0 saturated heterocycles. The van der Waals surface area contributed by atoms with Gasteiger partial charge in [0.05, 0.1) is 26.2 Å². The van der Waals surface area contributed by atoms with Crippen LogP contribution in [-0.4, -0.2) is 107 Å². The topological polar surface area (TPSA) is 280 Å². The molecular weight excluding hydrogens is 777 g/mol. The Morgan fingerprint density at radius 3 is 1.68 bits per heavy atom. The zero-order valence-corrected chi connectivity index (χ0v) is 35.2. The first-order valence-electron chi connectivity index (χ1n) is 19.1. The molecule has 11 N–H and O–H groups in total. The number of phenols is 1. The zero-order valence-electron chi connectivity index (χ0n) is 35.2. The third-order valence-corrected chi connectivity index (χ3v) is 7.72. The summed E-state index contributed by atoms with van der Waals surface area (Å²) in [4.78, 5) is 86.1. The molecule has 0 aliphatic heterocycles. The number of rotatable bonds is 15. The Hall–Kier alpha value is -6.79. The molecule has 3 aromatic carbocycles. The lowest BCUT2D eigenvalue weighted by molar-refractivity contribution is -0.132. The number of aryl methyl sites for hydroxylation is 2. The third-order valence-electron chi connectivity index (χ3n) is 7.72. The third kappa shape index (κ3) is 22.8. The van der Waals surface area contributed by atoms with E-state index in [9.17, 15) is 38.7 Å². The van der Waals surface area contributed by atoms with Gasteiger partial charge in [0.1, 0.15) is 17.8 Å². The predicted molar refractivity (Wildman–Crippen MR) is 227 cm³/mol. The van der Waals surface area contributed by atoms with Gasteiger partial charge in [-0.1, -0.05) is 87.0 Å². The molecular formula is C42H60N8O10. The zero-order chi connectivity index (χ0) is 45.5. The summed E-state index contributed by atoms with van der Waals surface area (Å²) in [6, 6.07) is 22.6. The number of benzene rings is 3. The van der Waals surface area contributed by atoms with E-state index >= 15 is 0 Å². The van der Waals surface area contributed by atoms with Crippen molar-refractivity contribution >= 4 is 52.3 Å². The first kappa shape index (κ1) is 53.2. The molecule has 0 fully saturated rings. The van der Waals surface area contributed by atoms with Crippen LogP contribution in [0.1, 0.15) is 50.8 Å². The number of hydroxylamine groups is 1. The van der Waals surface area contributed by atoms with Crippen LogP contribution in [0.15, 0.2) is 85.1 Å². The predicted octanol–water partition coefficient (Wildman–Crippen LogP) is 1.41. The lowest BCUT2D eigenvalue weighted by Crippen LogP contribution is -2.52. The van der Waals surface area contributed by atoms with Gasteiger partial charge in [0.15, 0.2) is 0 Å². The number of aromatic hydroxyl groups is 1. The Balaban J connectivity index is 0.00000132. The molecule has 18 heteroatoms. The van der Waals surface area contributed by atoms with Gasteiger partial charge in [-0.2, -0.15) is 0 Å². The number of carbonyl (C=O) groups is 7. The summed E-state index contributed by atoms with van der Waals surface area (Å²) in [5.74, 6) is -4.65. The summed E-state index contributed by atoms with van der Waals surface area (Å²) in [6.45, 7) is 9.19. The number of aliphatic hydroxyl groups excluding tert-OH is 1. The van der Waals surface area contributed by atoms with E-state index in [1.54, 1.807) is 19.1 Å². The maximum absolute atomic E-state index is 12.6. The number of hydrogen-bond donors (Lipinski definition) is 11. The van der Waals surface area contributed by atoms with Crippen LogP contribution in [0.2, 0.25) is 0 Å². The number of H-pyrrole nitrogens is 1. The molecule has 0 radical (unpaired) electrons. The van der Waals surface area contributed by atoms with Crippen LogP contribution in [0.25, 0.3) is 10.9 Å². The van der Waals surface area contributed by atoms with E-state index in [4.69, 9.17) is 10.3 Å². The van der Waals surface area contributed by atoms with Crippen LogP contribution >= 0.6 is 0 Å². The van der Waals surface area contributed by atoms with E-state index in [0.717, 1.165) is 7.11 Å². The van der Waals surface area contributed by atoms with Gasteiger partial charge in [-0.05, 0) is 50.1 Å². The first-order valence-corrected chi connectivity index (χ1v) is 19.1. The van der Waals surface area contributed by atoms with Crippen LogP contribution in [0, 0.1) is 13.8 Å². The van der Waals surface area contributed by atoms with Crippen molar-refractivity contribution in [3.8, 4) is 5.75 Å². The van der Waals surface area contributed by atoms with Crippen LogP contribution in [0.3, 0.4) is 0 Å². The normalized spacial score (nSPS) is 10.6. The van der Waals surface area contributed by atoms with Gasteiger partial charge >= 0.3 is 0 Å². The van der Waals surface area contributed by atoms with Gasteiger partial charge in [0, 0.05) is 37.1 Å². The van der Waals surface area contributed by atoms with Gasteiger partial charge in [0.25, 0.3) is 5.91 Å². The van der Waals surface area contributed by atoms with Gasteiger partial charge in [-0.3, -0.25) is 38.8 Å². The summed E-state index contributed by atoms with van der Waals surface area (Å²) in [7, 11) is 1.00. The van der Waals surface area contributed by atoms with Crippen molar-refractivity contribution in [3.05, 3.63) is 102 Å². The maximum atomic E-state index is 12.6. The standard InChI is InChI=1S/C23H33N7O9.C9H9N.C7H8.C2H6.CH4O/c1-3-17(32)29-16(8-14-4-6-15(31)7-5-14)23(38)27-11-20(35)28-13(2)22(37)26-10-19(34)24-9-18(33)25-12-21(36)30-39;1-7-6-10-9-5-3-2-4-8(7)9;1-7-5-3-2-4-6-7;2*1-2/h4-7,13,16,31,39H,3,8-12H2,1-2H3,(H,24,34)(H,25,33)(H,26,37)(H,27,38)(H,28,35)(H,29,32)(H,30,36);2-6,10H,1H3;2-6H,1H3;1-2H3;2H,1H3. The SMILES string of the molecule is CC.CCC(=O)NC(Cc1ccc(O)cc1)C(=O)NCC(=O)NC(C)C(=O)NCC(=O)NCC(=O)NCC(=O)NO.CO.Cc1c[nH]c2ccccc12.Cc1ccccc1. The second kappa shape index (κ2) is 31.2. The summed E-state index contributed by atoms with van der Waals surface area (Å²) < 4.78 is 0. The number of nitrogens with one attached hydrogen (secondary N) is 8. The molecule has 7 amide bonds. The van der Waals surface area contributed by atoms with Crippen molar-refractivity contribution < 1.29 is 49.0 Å². The minimum absolute atomic E-state index is 0.0437. The van der Waals surface area contributed by atoms with Crippen molar-refractivity contribution in [2.75, 3.05) is 33.3 Å². The molecule has 0 bridgehead atoms. The Kier molecular flexibility index (Phi) is 27.7. The number of hydrogen-bond acceptors (Lipinski definition) is 10.